The maximum atomic E-state index is 12.8. The van der Waals surface area contributed by atoms with E-state index in [0.717, 1.165) is 41.0 Å². The number of carbonyl (C=O) groups excluding carboxylic acids is 2. The van der Waals surface area contributed by atoms with Gasteiger partial charge in [0.05, 0.1) is 18.2 Å². The summed E-state index contributed by atoms with van der Waals surface area (Å²) in [6.07, 6.45) is 2.80. The summed E-state index contributed by atoms with van der Waals surface area (Å²) in [7, 11) is 1.37. The average molecular weight is 506 g/mol. The maximum Gasteiger partial charge on any atom is 0.341 e. The van der Waals surface area contributed by atoms with Crippen LogP contribution in [0.5, 0.6) is 0 Å². The van der Waals surface area contributed by atoms with Gasteiger partial charge in [0.25, 0.3) is 0 Å². The van der Waals surface area contributed by atoms with Gasteiger partial charge in [-0.15, -0.1) is 23.1 Å². The molecule has 180 valence electrons. The van der Waals surface area contributed by atoms with Crippen molar-refractivity contribution in [3.8, 4) is 6.07 Å². The third kappa shape index (κ3) is 5.58. The molecule has 4 rings (SSSR count). The lowest BCUT2D eigenvalue weighted by Crippen LogP contribution is -2.16. The predicted molar refractivity (Wildman–Crippen MR) is 139 cm³/mol. The van der Waals surface area contributed by atoms with Crippen LogP contribution in [0.3, 0.4) is 0 Å². The van der Waals surface area contributed by atoms with Crippen LogP contribution in [0, 0.1) is 25.2 Å². The topological polar surface area (TPSA) is 92.1 Å². The lowest BCUT2D eigenvalue weighted by Gasteiger charge is -2.22. The van der Waals surface area contributed by atoms with E-state index in [-0.39, 0.29) is 12.3 Å². The van der Waals surface area contributed by atoms with Gasteiger partial charge in [-0.2, -0.15) is 5.26 Å². The van der Waals surface area contributed by atoms with Crippen molar-refractivity contribution in [2.45, 2.75) is 50.5 Å². The normalized spacial score (nSPS) is 14.6. The van der Waals surface area contributed by atoms with Crippen molar-refractivity contribution in [3.05, 3.63) is 74.8 Å². The number of pyridine rings is 1. The molecule has 1 atom stereocenters. The van der Waals surface area contributed by atoms with E-state index < -0.39 is 5.97 Å². The second-order valence-electron chi connectivity index (χ2n) is 8.57. The number of thioether (sulfide) groups is 1. The molecule has 2 heterocycles. The van der Waals surface area contributed by atoms with Crippen molar-refractivity contribution in [1.29, 1.82) is 5.26 Å². The molecule has 1 aromatic carbocycles. The van der Waals surface area contributed by atoms with Crippen LogP contribution in [0.15, 0.2) is 41.4 Å². The highest BCUT2D eigenvalue weighted by Crippen LogP contribution is 2.42. The van der Waals surface area contributed by atoms with Gasteiger partial charge in [0, 0.05) is 22.7 Å². The number of aryl methyl sites for hydroxylation is 2. The van der Waals surface area contributed by atoms with Crippen LogP contribution < -0.4 is 5.32 Å². The number of esters is 1. The van der Waals surface area contributed by atoms with Gasteiger partial charge >= 0.3 is 5.97 Å². The van der Waals surface area contributed by atoms with Gasteiger partial charge in [-0.1, -0.05) is 30.3 Å². The Morgan fingerprint density at radius 3 is 2.77 bits per heavy atom. The van der Waals surface area contributed by atoms with Crippen LogP contribution in [0.4, 0.5) is 5.00 Å². The number of ether oxygens (including phenoxy) is 1. The van der Waals surface area contributed by atoms with Crippen LogP contribution in [-0.4, -0.2) is 29.7 Å². The van der Waals surface area contributed by atoms with Gasteiger partial charge in [-0.05, 0) is 61.8 Å². The number of methoxy groups -OCH3 is 1. The lowest BCUT2D eigenvalue weighted by molar-refractivity contribution is -0.115. The first-order valence-corrected chi connectivity index (χ1v) is 13.3. The Morgan fingerprint density at radius 1 is 1.29 bits per heavy atom. The Morgan fingerprint density at radius 2 is 2.06 bits per heavy atom. The van der Waals surface area contributed by atoms with E-state index in [2.05, 4.69) is 40.6 Å². The SMILES string of the molecule is COC(=O)c1c(NC(=O)CCSc2nc(C)cc(C)c2C#N)sc2c1CCC(c1ccccc1)C2. The van der Waals surface area contributed by atoms with Gasteiger partial charge in [0.15, 0.2) is 0 Å². The summed E-state index contributed by atoms with van der Waals surface area (Å²) < 4.78 is 5.05. The van der Waals surface area contributed by atoms with E-state index in [1.165, 1.54) is 35.8 Å². The highest BCUT2D eigenvalue weighted by molar-refractivity contribution is 7.99. The largest absolute Gasteiger partial charge is 0.465 e. The lowest BCUT2D eigenvalue weighted by atomic mass is 9.83. The van der Waals surface area contributed by atoms with E-state index in [1.54, 1.807) is 0 Å². The Hall–Kier alpha value is -3.15. The maximum absolute atomic E-state index is 12.8. The summed E-state index contributed by atoms with van der Waals surface area (Å²) in [5.74, 6) is 0.282. The molecule has 0 radical (unpaired) electrons. The smallest absolute Gasteiger partial charge is 0.341 e. The molecule has 0 aliphatic heterocycles. The molecular weight excluding hydrogens is 478 g/mol. The van der Waals surface area contributed by atoms with E-state index in [1.807, 2.05) is 26.0 Å². The Kier molecular flexibility index (Phi) is 7.89. The number of nitrogens with one attached hydrogen (secondary N) is 1. The van der Waals surface area contributed by atoms with Crippen molar-refractivity contribution >= 4 is 40.0 Å². The fourth-order valence-corrected chi connectivity index (χ4v) is 6.85. The van der Waals surface area contributed by atoms with E-state index in [0.29, 0.717) is 32.8 Å². The number of carbonyl (C=O) groups is 2. The fraction of sp³-hybridized carbons (Fsp3) is 0.333. The van der Waals surface area contributed by atoms with E-state index >= 15 is 0 Å². The third-order valence-electron chi connectivity index (χ3n) is 6.17. The number of aromatic nitrogens is 1. The van der Waals surface area contributed by atoms with E-state index in [4.69, 9.17) is 4.74 Å². The quantitative estimate of drug-likeness (QED) is 0.322. The van der Waals surface area contributed by atoms with Crippen LogP contribution in [0.1, 0.15) is 61.9 Å². The molecule has 0 spiro atoms. The molecule has 0 saturated carbocycles. The molecule has 0 bridgehead atoms. The van der Waals surface area contributed by atoms with E-state index in [9.17, 15) is 14.9 Å². The van der Waals surface area contributed by atoms with Crippen molar-refractivity contribution in [2.75, 3.05) is 18.2 Å². The van der Waals surface area contributed by atoms with Crippen molar-refractivity contribution in [2.24, 2.45) is 0 Å². The molecule has 35 heavy (non-hydrogen) atoms. The van der Waals surface area contributed by atoms with Crippen molar-refractivity contribution in [1.82, 2.24) is 4.98 Å². The summed E-state index contributed by atoms with van der Waals surface area (Å²) in [6.45, 7) is 3.78. The Balaban J connectivity index is 1.46. The summed E-state index contributed by atoms with van der Waals surface area (Å²) in [6, 6.07) is 14.5. The average Bonchev–Trinajstić information content (AvgIpc) is 3.20. The number of thiophene rings is 1. The molecule has 0 fully saturated rings. The molecule has 1 aliphatic rings. The van der Waals surface area contributed by atoms with Crippen LogP contribution >= 0.6 is 23.1 Å². The fourth-order valence-electron chi connectivity index (χ4n) is 4.47. The number of anilines is 1. The number of nitrogens with zero attached hydrogens (tertiary/aromatic N) is 2. The molecule has 3 aromatic rings. The Bertz CT molecular complexity index is 1300. The standard InChI is InChI=1S/C27H27N3O3S2/c1-16-13-17(2)29-25(21(16)15-28)34-12-11-23(31)30-26-24(27(32)33-3)20-10-9-19(14-22(20)35-26)18-7-5-4-6-8-18/h4-8,13,19H,9-12,14H2,1-3H3,(H,30,31). The monoisotopic (exact) mass is 505 g/mol. The predicted octanol–water partition coefficient (Wildman–Crippen LogP) is 5.81. The number of hydrogen-bond acceptors (Lipinski definition) is 7. The van der Waals surface area contributed by atoms with Gasteiger partial charge in [0.1, 0.15) is 16.1 Å². The van der Waals surface area contributed by atoms with Gasteiger partial charge in [0.2, 0.25) is 5.91 Å². The summed E-state index contributed by atoms with van der Waals surface area (Å²) >= 11 is 2.87. The number of nitriles is 1. The van der Waals surface area contributed by atoms with Gasteiger partial charge in [-0.3, -0.25) is 4.79 Å². The molecule has 2 aromatic heterocycles. The minimum atomic E-state index is -0.413. The first-order chi connectivity index (χ1) is 16.9. The van der Waals surface area contributed by atoms with Crippen LogP contribution in [-0.2, 0) is 22.4 Å². The summed E-state index contributed by atoms with van der Waals surface area (Å²) in [5, 5.41) is 13.6. The highest BCUT2D eigenvalue weighted by atomic mass is 32.2. The molecule has 0 saturated heterocycles. The molecule has 1 aliphatic carbocycles. The first kappa shape index (κ1) is 25.0. The number of amides is 1. The van der Waals surface area contributed by atoms with Crippen molar-refractivity contribution < 1.29 is 14.3 Å². The molecule has 6 nitrogen and oxygen atoms in total. The minimum Gasteiger partial charge on any atom is -0.465 e. The second kappa shape index (κ2) is 11.1. The zero-order chi connectivity index (χ0) is 24.9. The number of fused-ring (bicyclic) bond motifs is 1. The third-order valence-corrected chi connectivity index (χ3v) is 8.32. The van der Waals surface area contributed by atoms with Crippen molar-refractivity contribution in [3.63, 3.8) is 0 Å². The molecule has 1 amide bonds. The number of hydrogen-bond donors (Lipinski definition) is 1. The second-order valence-corrected chi connectivity index (χ2v) is 10.8. The first-order valence-electron chi connectivity index (χ1n) is 11.5. The number of benzene rings is 1. The van der Waals surface area contributed by atoms with Gasteiger partial charge in [-0.25, -0.2) is 9.78 Å². The molecular formula is C27H27N3O3S2. The summed E-state index contributed by atoms with van der Waals surface area (Å²) in [5.41, 5.74) is 5.06. The highest BCUT2D eigenvalue weighted by Gasteiger charge is 2.30. The van der Waals surface area contributed by atoms with Gasteiger partial charge < -0.3 is 10.1 Å². The zero-order valence-electron chi connectivity index (χ0n) is 20.0. The molecule has 1 N–H and O–H groups in total. The molecule has 1 unspecified atom stereocenters. The Labute approximate surface area is 213 Å². The zero-order valence-corrected chi connectivity index (χ0v) is 21.6. The number of rotatable bonds is 7. The minimum absolute atomic E-state index is 0.177. The summed E-state index contributed by atoms with van der Waals surface area (Å²) in [4.78, 5) is 31.0. The van der Waals surface area contributed by atoms with Crippen LogP contribution in [0.2, 0.25) is 0 Å². The molecule has 8 heteroatoms. The van der Waals surface area contributed by atoms with Crippen LogP contribution in [0.25, 0.3) is 0 Å².